The van der Waals surface area contributed by atoms with Gasteiger partial charge in [0.25, 0.3) is 6.01 Å². The van der Waals surface area contributed by atoms with Crippen molar-refractivity contribution in [1.29, 1.82) is 0 Å². The quantitative estimate of drug-likeness (QED) is 0.838. The SMILES string of the molecule is Cc1ccc2oc(N3CCN(C(=O)C4(N)CCCC4)CC3)nc2c1.Cl.Cl. The molecule has 6 nitrogen and oxygen atoms in total. The van der Waals surface area contributed by atoms with Crippen molar-refractivity contribution in [3.05, 3.63) is 23.8 Å². The van der Waals surface area contributed by atoms with E-state index >= 15 is 0 Å². The largest absolute Gasteiger partial charge is 0.423 e. The van der Waals surface area contributed by atoms with Gasteiger partial charge >= 0.3 is 0 Å². The van der Waals surface area contributed by atoms with Gasteiger partial charge in [-0.25, -0.2) is 0 Å². The number of fused-ring (bicyclic) bond motifs is 1. The molecule has 26 heavy (non-hydrogen) atoms. The minimum absolute atomic E-state index is 0. The molecule has 1 saturated heterocycles. The number of nitrogens with zero attached hydrogens (tertiary/aromatic N) is 3. The van der Waals surface area contributed by atoms with Gasteiger partial charge in [0.15, 0.2) is 5.58 Å². The number of oxazole rings is 1. The number of aromatic nitrogens is 1. The van der Waals surface area contributed by atoms with Crippen LogP contribution in [0, 0.1) is 6.92 Å². The van der Waals surface area contributed by atoms with Gasteiger partial charge in [-0.1, -0.05) is 18.9 Å². The van der Waals surface area contributed by atoms with Crippen LogP contribution in [-0.4, -0.2) is 47.5 Å². The molecule has 1 amide bonds. The third-order valence-electron chi connectivity index (χ3n) is 5.29. The highest BCUT2D eigenvalue weighted by Crippen LogP contribution is 2.30. The number of hydrogen-bond donors (Lipinski definition) is 1. The summed E-state index contributed by atoms with van der Waals surface area (Å²) in [5.41, 5.74) is 8.54. The molecular formula is C18H26Cl2N4O2. The van der Waals surface area contributed by atoms with Crippen molar-refractivity contribution in [3.8, 4) is 0 Å². The second kappa shape index (κ2) is 8.03. The molecule has 2 heterocycles. The van der Waals surface area contributed by atoms with Crippen molar-refractivity contribution in [1.82, 2.24) is 9.88 Å². The van der Waals surface area contributed by atoms with Gasteiger partial charge in [0.05, 0.1) is 5.54 Å². The van der Waals surface area contributed by atoms with E-state index in [4.69, 9.17) is 10.2 Å². The van der Waals surface area contributed by atoms with E-state index in [0.717, 1.165) is 49.9 Å². The molecule has 1 aromatic carbocycles. The van der Waals surface area contributed by atoms with Gasteiger partial charge in [-0.3, -0.25) is 4.79 Å². The Hall–Kier alpha value is -1.50. The third-order valence-corrected chi connectivity index (χ3v) is 5.29. The van der Waals surface area contributed by atoms with Crippen LogP contribution in [0.1, 0.15) is 31.2 Å². The number of carbonyl (C=O) groups is 1. The summed E-state index contributed by atoms with van der Waals surface area (Å²) < 4.78 is 5.86. The number of amides is 1. The fraction of sp³-hybridized carbons (Fsp3) is 0.556. The van der Waals surface area contributed by atoms with E-state index in [0.29, 0.717) is 19.1 Å². The summed E-state index contributed by atoms with van der Waals surface area (Å²) in [7, 11) is 0. The lowest BCUT2D eigenvalue weighted by Crippen LogP contribution is -2.58. The Bertz CT molecular complexity index is 766. The van der Waals surface area contributed by atoms with Crippen molar-refractivity contribution < 1.29 is 9.21 Å². The van der Waals surface area contributed by atoms with Crippen LogP contribution < -0.4 is 10.6 Å². The van der Waals surface area contributed by atoms with Crippen LogP contribution in [0.3, 0.4) is 0 Å². The summed E-state index contributed by atoms with van der Waals surface area (Å²) in [6.45, 7) is 4.86. The van der Waals surface area contributed by atoms with Crippen LogP contribution in [-0.2, 0) is 4.79 Å². The fourth-order valence-electron chi connectivity index (χ4n) is 3.80. The van der Waals surface area contributed by atoms with Crippen molar-refractivity contribution >= 4 is 47.8 Å². The molecule has 2 fully saturated rings. The predicted molar refractivity (Wildman–Crippen MR) is 107 cm³/mol. The van der Waals surface area contributed by atoms with Crippen LogP contribution >= 0.6 is 24.8 Å². The average Bonchev–Trinajstić information content (AvgIpc) is 3.21. The maximum atomic E-state index is 12.7. The molecule has 1 aromatic heterocycles. The Morgan fingerprint density at radius 2 is 1.81 bits per heavy atom. The molecule has 2 aliphatic rings. The van der Waals surface area contributed by atoms with Crippen LogP contribution in [0.4, 0.5) is 6.01 Å². The van der Waals surface area contributed by atoms with E-state index in [2.05, 4.69) is 9.88 Å². The van der Waals surface area contributed by atoms with Gasteiger partial charge in [0.1, 0.15) is 5.52 Å². The summed E-state index contributed by atoms with van der Waals surface area (Å²) in [5, 5.41) is 0. The lowest BCUT2D eigenvalue weighted by atomic mass is 9.97. The Balaban J connectivity index is 0.00000121. The third kappa shape index (κ3) is 3.77. The normalized spacial score (nSPS) is 19.2. The van der Waals surface area contributed by atoms with Crippen molar-refractivity contribution in [3.63, 3.8) is 0 Å². The summed E-state index contributed by atoms with van der Waals surface area (Å²) in [6.07, 6.45) is 3.75. The first kappa shape index (κ1) is 20.8. The Labute approximate surface area is 165 Å². The number of aryl methyl sites for hydroxylation is 1. The molecular weight excluding hydrogens is 375 g/mol. The maximum Gasteiger partial charge on any atom is 0.298 e. The van der Waals surface area contributed by atoms with Crippen molar-refractivity contribution in [2.24, 2.45) is 5.73 Å². The molecule has 1 saturated carbocycles. The van der Waals surface area contributed by atoms with Crippen LogP contribution in [0.25, 0.3) is 11.1 Å². The smallest absolute Gasteiger partial charge is 0.298 e. The second-order valence-corrected chi connectivity index (χ2v) is 7.11. The number of halogens is 2. The van der Waals surface area contributed by atoms with Gasteiger partial charge in [-0.2, -0.15) is 4.98 Å². The lowest BCUT2D eigenvalue weighted by Gasteiger charge is -2.37. The first-order valence-electron chi connectivity index (χ1n) is 8.76. The predicted octanol–water partition coefficient (Wildman–Crippen LogP) is 2.90. The molecule has 1 aliphatic carbocycles. The lowest BCUT2D eigenvalue weighted by molar-refractivity contribution is -0.137. The monoisotopic (exact) mass is 400 g/mol. The fourth-order valence-corrected chi connectivity index (χ4v) is 3.80. The number of piperazine rings is 1. The highest BCUT2D eigenvalue weighted by molar-refractivity contribution is 5.86. The number of rotatable bonds is 2. The number of benzene rings is 1. The average molecular weight is 401 g/mol. The molecule has 0 spiro atoms. The zero-order chi connectivity index (χ0) is 16.7. The molecule has 2 N–H and O–H groups in total. The topological polar surface area (TPSA) is 75.6 Å². The number of nitrogens with two attached hydrogens (primary N) is 1. The van der Waals surface area contributed by atoms with E-state index in [1.165, 1.54) is 5.56 Å². The molecule has 0 bridgehead atoms. The van der Waals surface area contributed by atoms with E-state index in [9.17, 15) is 4.79 Å². The zero-order valence-electron chi connectivity index (χ0n) is 14.9. The molecule has 0 radical (unpaired) electrons. The number of anilines is 1. The molecule has 0 unspecified atom stereocenters. The first-order chi connectivity index (χ1) is 11.5. The van der Waals surface area contributed by atoms with Gasteiger partial charge in [-0.15, -0.1) is 24.8 Å². The second-order valence-electron chi connectivity index (χ2n) is 7.11. The summed E-state index contributed by atoms with van der Waals surface area (Å²) >= 11 is 0. The molecule has 0 atom stereocenters. The summed E-state index contributed by atoms with van der Waals surface area (Å²) in [6, 6.07) is 6.65. The molecule has 2 aromatic rings. The van der Waals surface area contributed by atoms with E-state index in [-0.39, 0.29) is 30.7 Å². The van der Waals surface area contributed by atoms with Gasteiger partial charge in [0, 0.05) is 26.2 Å². The Morgan fingerprint density at radius 1 is 1.15 bits per heavy atom. The molecule has 8 heteroatoms. The Kier molecular flexibility index (Phi) is 6.42. The Morgan fingerprint density at radius 3 is 2.46 bits per heavy atom. The summed E-state index contributed by atoms with van der Waals surface area (Å²) in [4.78, 5) is 21.3. The molecule has 144 valence electrons. The number of hydrogen-bond acceptors (Lipinski definition) is 5. The highest BCUT2D eigenvalue weighted by atomic mass is 35.5. The minimum atomic E-state index is -0.628. The van der Waals surface area contributed by atoms with Gasteiger partial charge < -0.3 is 20.0 Å². The standard InChI is InChI=1S/C18H24N4O2.2ClH/c1-13-4-5-15-14(12-13)20-17(24-15)22-10-8-21(9-11-22)16(23)18(19)6-2-3-7-18;;/h4-5,12H,2-3,6-11,19H2,1H3;2*1H. The van der Waals surface area contributed by atoms with E-state index in [1.54, 1.807) is 0 Å². The highest BCUT2D eigenvalue weighted by Gasteiger charge is 2.40. The molecule has 4 rings (SSSR count). The van der Waals surface area contributed by atoms with Crippen LogP contribution in [0.5, 0.6) is 0 Å². The van der Waals surface area contributed by atoms with E-state index in [1.807, 2.05) is 30.0 Å². The van der Waals surface area contributed by atoms with Crippen molar-refractivity contribution in [2.45, 2.75) is 38.1 Å². The van der Waals surface area contributed by atoms with Crippen LogP contribution in [0.2, 0.25) is 0 Å². The van der Waals surface area contributed by atoms with Crippen molar-refractivity contribution in [2.75, 3.05) is 31.1 Å². The summed E-state index contributed by atoms with van der Waals surface area (Å²) in [5.74, 6) is 0.118. The van der Waals surface area contributed by atoms with Gasteiger partial charge in [0.2, 0.25) is 5.91 Å². The zero-order valence-corrected chi connectivity index (χ0v) is 16.6. The maximum absolute atomic E-state index is 12.7. The van der Waals surface area contributed by atoms with Gasteiger partial charge in [-0.05, 0) is 37.5 Å². The number of carbonyl (C=O) groups excluding carboxylic acids is 1. The first-order valence-corrected chi connectivity index (χ1v) is 8.76. The van der Waals surface area contributed by atoms with E-state index < -0.39 is 5.54 Å². The minimum Gasteiger partial charge on any atom is -0.423 e. The van der Waals surface area contributed by atoms with Crippen LogP contribution in [0.15, 0.2) is 22.6 Å². The molecule has 1 aliphatic heterocycles.